The molecular weight excluding hydrogens is 592 g/mol. The van der Waals surface area contributed by atoms with Crippen LogP contribution in [0.5, 0.6) is 0 Å². The highest BCUT2D eigenvalue weighted by Gasteiger charge is 2.52. The molecule has 0 heterocycles. The third-order valence-electron chi connectivity index (χ3n) is 8.10. The van der Waals surface area contributed by atoms with E-state index in [0.29, 0.717) is 26.4 Å². The summed E-state index contributed by atoms with van der Waals surface area (Å²) in [5, 5.41) is 0. The summed E-state index contributed by atoms with van der Waals surface area (Å²) in [6.07, 6.45) is 26.4. The zero-order valence-corrected chi connectivity index (χ0v) is 32.0. The molecule has 0 aromatic heterocycles. The molecule has 0 saturated carbocycles. The van der Waals surface area contributed by atoms with Crippen LogP contribution in [-0.4, -0.2) is 50.9 Å². The molecule has 0 unspecified atom stereocenters. The molecule has 0 aromatic rings. The number of hydrogen-bond donors (Lipinski definition) is 0. The predicted molar refractivity (Wildman–Crippen MR) is 190 cm³/mol. The first kappa shape index (κ1) is 44.3. The van der Waals surface area contributed by atoms with Gasteiger partial charge in [-0.15, -0.1) is 0 Å². The van der Waals surface area contributed by atoms with Crippen molar-refractivity contribution in [2.24, 2.45) is 0 Å². The van der Waals surface area contributed by atoms with Crippen molar-refractivity contribution >= 4 is 15.2 Å². The Bertz CT molecular complexity index is 611. The summed E-state index contributed by atoms with van der Waals surface area (Å²) in [5.41, 5.74) is -1.09. The lowest BCUT2D eigenvalue weighted by Crippen LogP contribution is -2.32. The highest BCUT2D eigenvalue weighted by Crippen LogP contribution is 2.71. The van der Waals surface area contributed by atoms with E-state index in [4.69, 9.17) is 18.1 Å². The quantitative estimate of drug-likeness (QED) is 0.0492. The molecule has 0 fully saturated rings. The molecule has 0 spiro atoms. The molecule has 0 atom stereocenters. The summed E-state index contributed by atoms with van der Waals surface area (Å²) >= 11 is 0. The van der Waals surface area contributed by atoms with Crippen LogP contribution in [0.3, 0.4) is 0 Å². The van der Waals surface area contributed by atoms with E-state index in [2.05, 4.69) is 27.7 Å². The van der Waals surface area contributed by atoms with Crippen molar-refractivity contribution < 1.29 is 27.2 Å². The van der Waals surface area contributed by atoms with E-state index < -0.39 is 20.7 Å². The summed E-state index contributed by atoms with van der Waals surface area (Å²) in [6, 6.07) is 0. The zero-order valence-electron chi connectivity index (χ0n) is 30.2. The Labute approximate surface area is 274 Å². The maximum Gasteiger partial charge on any atom is 0.360 e. The average molecular weight is 668 g/mol. The molecule has 7 nitrogen and oxygen atoms in total. The highest BCUT2D eigenvalue weighted by molar-refractivity contribution is 7.72. The minimum atomic E-state index is -3.86. The van der Waals surface area contributed by atoms with Crippen molar-refractivity contribution in [1.29, 1.82) is 0 Å². The molecule has 0 aliphatic heterocycles. The van der Waals surface area contributed by atoms with Gasteiger partial charge < -0.3 is 18.1 Å². The second kappa shape index (κ2) is 30.6. The van der Waals surface area contributed by atoms with E-state index >= 15 is 0 Å². The van der Waals surface area contributed by atoms with Gasteiger partial charge in [-0.05, 0) is 39.8 Å². The number of unbranched alkanes of at least 4 members (excludes halogenated alkanes) is 20. The molecule has 0 aliphatic carbocycles. The van der Waals surface area contributed by atoms with Crippen molar-refractivity contribution in [2.75, 3.05) is 40.5 Å². The number of hydrogen-bond acceptors (Lipinski definition) is 7. The van der Waals surface area contributed by atoms with Gasteiger partial charge in [-0.1, -0.05) is 156 Å². The first-order valence-electron chi connectivity index (χ1n) is 18.7. The highest BCUT2D eigenvalue weighted by atomic mass is 31.2. The van der Waals surface area contributed by atoms with Gasteiger partial charge in [0.25, 0.3) is 0 Å². The van der Waals surface area contributed by atoms with Crippen LogP contribution < -0.4 is 0 Å². The van der Waals surface area contributed by atoms with Gasteiger partial charge in [0, 0.05) is 0 Å². The van der Waals surface area contributed by atoms with Crippen LogP contribution in [-0.2, 0) is 27.2 Å². The van der Waals surface area contributed by atoms with Crippen molar-refractivity contribution in [1.82, 2.24) is 4.90 Å². The van der Waals surface area contributed by atoms with Gasteiger partial charge in [-0.3, -0.25) is 14.0 Å². The monoisotopic (exact) mass is 668 g/mol. The van der Waals surface area contributed by atoms with Crippen LogP contribution in [0.1, 0.15) is 182 Å². The molecular formula is C35H75NO6P2. The summed E-state index contributed by atoms with van der Waals surface area (Å²) in [7, 11) is -4.14. The van der Waals surface area contributed by atoms with E-state index in [9.17, 15) is 9.13 Å². The topological polar surface area (TPSA) is 74.3 Å². The summed E-state index contributed by atoms with van der Waals surface area (Å²) in [5.74, 6) is 0. The minimum absolute atomic E-state index is 0.319. The van der Waals surface area contributed by atoms with Crippen molar-refractivity contribution in [3.63, 3.8) is 0 Å². The lowest BCUT2D eigenvalue weighted by molar-refractivity contribution is 0.153. The first-order chi connectivity index (χ1) is 21.3. The average Bonchev–Trinajstić information content (AvgIpc) is 2.99. The van der Waals surface area contributed by atoms with Gasteiger partial charge >= 0.3 is 15.2 Å². The van der Waals surface area contributed by atoms with Crippen LogP contribution in [0.15, 0.2) is 0 Å². The van der Waals surface area contributed by atoms with E-state index in [1.54, 1.807) is 19.0 Å². The van der Waals surface area contributed by atoms with Gasteiger partial charge in [0.05, 0.1) is 26.4 Å². The molecule has 0 aliphatic rings. The third kappa shape index (κ3) is 22.7. The van der Waals surface area contributed by atoms with E-state index in [0.717, 1.165) is 77.0 Å². The fraction of sp³-hybridized carbons (Fsp3) is 1.00. The zero-order chi connectivity index (χ0) is 32.8. The summed E-state index contributed by atoms with van der Waals surface area (Å²) in [6.45, 7) is 10.1. The van der Waals surface area contributed by atoms with Gasteiger partial charge in [-0.2, -0.15) is 0 Å². The van der Waals surface area contributed by atoms with Gasteiger partial charge in [0.2, 0.25) is 5.52 Å². The molecule has 0 saturated heterocycles. The van der Waals surface area contributed by atoms with Crippen LogP contribution in [0, 0.1) is 0 Å². The summed E-state index contributed by atoms with van der Waals surface area (Å²) in [4.78, 5) is 1.70. The fourth-order valence-electron chi connectivity index (χ4n) is 5.38. The Hall–Kier alpha value is 0.260. The smallest absolute Gasteiger partial charge is 0.307 e. The third-order valence-corrected chi connectivity index (χ3v) is 14.0. The standard InChI is InChI=1S/C35H75NO6P2/c1-7-11-15-19-23-27-31-39-43(37,40-32-28-24-20-16-12-8-2)35(36(5)6)44(38,41-33-29-25-21-17-13-9-3)42-34-30-26-22-18-14-10-4/h35H,7-34H2,1-6H3. The molecule has 0 N–H and O–H groups in total. The molecule has 0 bridgehead atoms. The molecule has 266 valence electrons. The van der Waals surface area contributed by atoms with Crippen molar-refractivity contribution in [2.45, 2.75) is 187 Å². The second-order valence-corrected chi connectivity index (χ2v) is 17.4. The van der Waals surface area contributed by atoms with Crippen LogP contribution in [0.2, 0.25) is 0 Å². The Morgan fingerprint density at radius 2 is 0.591 bits per heavy atom. The van der Waals surface area contributed by atoms with E-state index in [1.165, 1.54) is 77.0 Å². The molecule has 0 rings (SSSR count). The van der Waals surface area contributed by atoms with Gasteiger partial charge in [0.15, 0.2) is 0 Å². The minimum Gasteiger partial charge on any atom is -0.307 e. The van der Waals surface area contributed by atoms with Gasteiger partial charge in [0.1, 0.15) is 0 Å². The second-order valence-electron chi connectivity index (χ2n) is 12.8. The Kier molecular flexibility index (Phi) is 30.8. The van der Waals surface area contributed by atoms with Gasteiger partial charge in [-0.25, -0.2) is 0 Å². The summed E-state index contributed by atoms with van der Waals surface area (Å²) < 4.78 is 54.0. The lowest BCUT2D eigenvalue weighted by atomic mass is 10.1. The molecule has 44 heavy (non-hydrogen) atoms. The molecule has 9 heteroatoms. The van der Waals surface area contributed by atoms with Crippen molar-refractivity contribution in [3.05, 3.63) is 0 Å². The lowest BCUT2D eigenvalue weighted by Gasteiger charge is -2.35. The fourth-order valence-corrected chi connectivity index (χ4v) is 10.9. The van der Waals surface area contributed by atoms with Crippen LogP contribution in [0.25, 0.3) is 0 Å². The first-order valence-corrected chi connectivity index (χ1v) is 22.0. The predicted octanol–water partition coefficient (Wildman–Crippen LogP) is 12.7. The maximum atomic E-state index is 14.7. The Morgan fingerprint density at radius 1 is 0.386 bits per heavy atom. The van der Waals surface area contributed by atoms with Crippen molar-refractivity contribution in [3.8, 4) is 0 Å². The molecule has 0 amide bonds. The normalized spacial score (nSPS) is 12.6. The SMILES string of the molecule is CCCCCCCCOP(=O)(OCCCCCCCC)C(N(C)C)P(=O)(OCCCCCCCC)OCCCCCCCC. The number of nitrogens with zero attached hydrogens (tertiary/aromatic N) is 1. The van der Waals surface area contributed by atoms with E-state index in [-0.39, 0.29) is 0 Å². The van der Waals surface area contributed by atoms with E-state index in [1.807, 2.05) is 0 Å². The maximum absolute atomic E-state index is 14.7. The molecule has 0 aromatic carbocycles. The Morgan fingerprint density at radius 3 is 0.795 bits per heavy atom. The van der Waals surface area contributed by atoms with Crippen LogP contribution in [0.4, 0.5) is 0 Å². The van der Waals surface area contributed by atoms with Crippen LogP contribution >= 0.6 is 15.2 Å². The Balaban J connectivity index is 5.66. The molecule has 0 radical (unpaired) electrons. The number of rotatable bonds is 35. The largest absolute Gasteiger partial charge is 0.360 e.